The lowest BCUT2D eigenvalue weighted by molar-refractivity contribution is 0.251. The standard InChI is InChI=1S/C17H23N5O/c1-3-21-12-15(11-19-21)20-17(23)18-10-13(2)22-9-8-14-6-4-5-7-16(14)22/h4-7,11-13H,3,8-10H2,1-2H3,(H2,18,20,23). The van der Waals surface area contributed by atoms with Crippen molar-refractivity contribution in [2.75, 3.05) is 23.3 Å². The van der Waals surface area contributed by atoms with Gasteiger partial charge in [0.25, 0.3) is 0 Å². The van der Waals surface area contributed by atoms with Gasteiger partial charge >= 0.3 is 6.03 Å². The van der Waals surface area contributed by atoms with Crippen LogP contribution in [0.1, 0.15) is 19.4 Å². The van der Waals surface area contributed by atoms with Gasteiger partial charge in [-0.3, -0.25) is 4.68 Å². The number of hydrogen-bond acceptors (Lipinski definition) is 3. The Bertz CT molecular complexity index is 681. The second-order valence-electron chi connectivity index (χ2n) is 5.84. The zero-order valence-corrected chi connectivity index (χ0v) is 13.6. The molecular formula is C17H23N5O. The quantitative estimate of drug-likeness (QED) is 0.891. The lowest BCUT2D eigenvalue weighted by atomic mass is 10.2. The van der Waals surface area contributed by atoms with Gasteiger partial charge in [0, 0.05) is 37.6 Å². The zero-order valence-electron chi connectivity index (χ0n) is 13.6. The Hall–Kier alpha value is -2.50. The van der Waals surface area contributed by atoms with E-state index in [9.17, 15) is 4.79 Å². The Morgan fingerprint density at radius 2 is 2.22 bits per heavy atom. The number of carbonyl (C=O) groups is 1. The first-order chi connectivity index (χ1) is 11.2. The van der Waals surface area contributed by atoms with Gasteiger partial charge in [-0.15, -0.1) is 0 Å². The van der Waals surface area contributed by atoms with Crippen molar-refractivity contribution >= 4 is 17.4 Å². The molecule has 2 heterocycles. The van der Waals surface area contributed by atoms with Gasteiger partial charge in [-0.05, 0) is 31.9 Å². The molecule has 1 aromatic carbocycles. The Labute approximate surface area is 136 Å². The van der Waals surface area contributed by atoms with Crippen LogP contribution in [-0.4, -0.2) is 34.9 Å². The molecule has 2 aromatic rings. The van der Waals surface area contributed by atoms with Crippen LogP contribution < -0.4 is 15.5 Å². The lowest BCUT2D eigenvalue weighted by Crippen LogP contribution is -2.42. The Morgan fingerprint density at radius 3 is 3.00 bits per heavy atom. The van der Waals surface area contributed by atoms with Crippen molar-refractivity contribution in [3.05, 3.63) is 42.2 Å². The normalized spacial score (nSPS) is 14.4. The number of aryl methyl sites for hydroxylation is 1. The van der Waals surface area contributed by atoms with Crippen molar-refractivity contribution < 1.29 is 4.79 Å². The number of fused-ring (bicyclic) bond motifs is 1. The van der Waals surface area contributed by atoms with Crippen molar-refractivity contribution in [3.63, 3.8) is 0 Å². The van der Waals surface area contributed by atoms with Crippen molar-refractivity contribution in [2.24, 2.45) is 0 Å². The molecule has 2 amide bonds. The Morgan fingerprint density at radius 1 is 1.39 bits per heavy atom. The van der Waals surface area contributed by atoms with E-state index in [2.05, 4.69) is 51.8 Å². The lowest BCUT2D eigenvalue weighted by Gasteiger charge is -2.27. The number of amides is 2. The van der Waals surface area contributed by atoms with Crippen molar-refractivity contribution in [2.45, 2.75) is 32.9 Å². The number of para-hydroxylation sites is 1. The number of nitrogens with one attached hydrogen (secondary N) is 2. The highest BCUT2D eigenvalue weighted by molar-refractivity contribution is 5.88. The van der Waals surface area contributed by atoms with E-state index in [-0.39, 0.29) is 12.1 Å². The van der Waals surface area contributed by atoms with Gasteiger partial charge in [0.2, 0.25) is 0 Å². The molecule has 3 rings (SSSR count). The van der Waals surface area contributed by atoms with E-state index in [4.69, 9.17) is 0 Å². The highest BCUT2D eigenvalue weighted by Gasteiger charge is 2.23. The topological polar surface area (TPSA) is 62.2 Å². The van der Waals surface area contributed by atoms with Crippen LogP contribution in [0.4, 0.5) is 16.2 Å². The fourth-order valence-electron chi connectivity index (χ4n) is 2.95. The van der Waals surface area contributed by atoms with E-state index in [1.165, 1.54) is 11.3 Å². The summed E-state index contributed by atoms with van der Waals surface area (Å²) >= 11 is 0. The third-order valence-electron chi connectivity index (χ3n) is 4.23. The summed E-state index contributed by atoms with van der Waals surface area (Å²) in [6, 6.07) is 8.53. The fourth-order valence-corrected chi connectivity index (χ4v) is 2.95. The van der Waals surface area contributed by atoms with E-state index in [1.807, 2.05) is 13.1 Å². The molecule has 0 saturated heterocycles. The minimum atomic E-state index is -0.194. The Balaban J connectivity index is 1.51. The summed E-state index contributed by atoms with van der Waals surface area (Å²) in [6.45, 7) is 6.54. The predicted octanol–water partition coefficient (Wildman–Crippen LogP) is 2.48. The fraction of sp³-hybridized carbons (Fsp3) is 0.412. The average molecular weight is 313 g/mol. The third kappa shape index (κ3) is 3.47. The van der Waals surface area contributed by atoms with Crippen LogP contribution in [0.25, 0.3) is 0 Å². The van der Waals surface area contributed by atoms with E-state index in [0.717, 1.165) is 19.5 Å². The van der Waals surface area contributed by atoms with Crippen LogP contribution in [0.2, 0.25) is 0 Å². The maximum absolute atomic E-state index is 12.0. The third-order valence-corrected chi connectivity index (χ3v) is 4.23. The molecule has 6 heteroatoms. The summed E-state index contributed by atoms with van der Waals surface area (Å²) in [4.78, 5) is 14.3. The Kier molecular flexibility index (Phi) is 4.50. The van der Waals surface area contributed by atoms with Crippen LogP contribution in [-0.2, 0) is 13.0 Å². The molecule has 0 saturated carbocycles. The zero-order chi connectivity index (χ0) is 16.2. The predicted molar refractivity (Wildman–Crippen MR) is 91.9 cm³/mol. The molecule has 1 aliphatic heterocycles. The van der Waals surface area contributed by atoms with Gasteiger partial charge in [-0.25, -0.2) is 4.79 Å². The van der Waals surface area contributed by atoms with Gasteiger partial charge in [-0.1, -0.05) is 18.2 Å². The number of nitrogens with zero attached hydrogens (tertiary/aromatic N) is 3. The van der Waals surface area contributed by atoms with E-state index in [0.29, 0.717) is 12.2 Å². The maximum Gasteiger partial charge on any atom is 0.319 e. The first-order valence-corrected chi connectivity index (χ1v) is 8.09. The van der Waals surface area contributed by atoms with Crippen LogP contribution in [0, 0.1) is 0 Å². The molecule has 6 nitrogen and oxygen atoms in total. The molecule has 0 radical (unpaired) electrons. The average Bonchev–Trinajstić information content (AvgIpc) is 3.19. The highest BCUT2D eigenvalue weighted by Crippen LogP contribution is 2.28. The summed E-state index contributed by atoms with van der Waals surface area (Å²) in [7, 11) is 0. The molecule has 1 unspecified atom stereocenters. The van der Waals surface area contributed by atoms with Crippen LogP contribution in [0.3, 0.4) is 0 Å². The summed E-state index contributed by atoms with van der Waals surface area (Å²) < 4.78 is 1.78. The van der Waals surface area contributed by atoms with Crippen molar-refractivity contribution in [1.29, 1.82) is 0 Å². The number of urea groups is 1. The van der Waals surface area contributed by atoms with Crippen molar-refractivity contribution in [1.82, 2.24) is 15.1 Å². The van der Waals surface area contributed by atoms with Gasteiger partial charge in [0.15, 0.2) is 0 Å². The smallest absolute Gasteiger partial charge is 0.319 e. The number of rotatable bonds is 5. The first kappa shape index (κ1) is 15.4. The summed E-state index contributed by atoms with van der Waals surface area (Å²) in [5.41, 5.74) is 3.38. The number of carbonyl (C=O) groups excluding carboxylic acids is 1. The molecule has 23 heavy (non-hydrogen) atoms. The SMILES string of the molecule is CCn1cc(NC(=O)NCC(C)N2CCc3ccccc32)cn1. The van der Waals surface area contributed by atoms with E-state index in [1.54, 1.807) is 10.9 Å². The molecular weight excluding hydrogens is 290 g/mol. The molecule has 122 valence electrons. The van der Waals surface area contributed by atoms with Crippen LogP contribution in [0.15, 0.2) is 36.7 Å². The highest BCUT2D eigenvalue weighted by atomic mass is 16.2. The second-order valence-corrected chi connectivity index (χ2v) is 5.84. The monoisotopic (exact) mass is 313 g/mol. The largest absolute Gasteiger partial charge is 0.366 e. The van der Waals surface area contributed by atoms with Crippen LogP contribution >= 0.6 is 0 Å². The van der Waals surface area contributed by atoms with Gasteiger partial charge < -0.3 is 15.5 Å². The molecule has 1 aliphatic rings. The second kappa shape index (κ2) is 6.73. The molecule has 2 N–H and O–H groups in total. The molecule has 0 bridgehead atoms. The summed E-state index contributed by atoms with van der Waals surface area (Å²) in [5, 5.41) is 9.88. The van der Waals surface area contributed by atoms with Gasteiger partial charge in [-0.2, -0.15) is 5.10 Å². The molecule has 0 spiro atoms. The van der Waals surface area contributed by atoms with Crippen LogP contribution in [0.5, 0.6) is 0 Å². The molecule has 0 aliphatic carbocycles. The van der Waals surface area contributed by atoms with Gasteiger partial charge in [0.1, 0.15) is 0 Å². The number of benzene rings is 1. The number of aromatic nitrogens is 2. The van der Waals surface area contributed by atoms with Gasteiger partial charge in [0.05, 0.1) is 11.9 Å². The van der Waals surface area contributed by atoms with E-state index < -0.39 is 0 Å². The number of anilines is 2. The number of hydrogen-bond donors (Lipinski definition) is 2. The molecule has 1 atom stereocenters. The summed E-state index contributed by atoms with van der Waals surface area (Å²) in [6.07, 6.45) is 4.55. The minimum Gasteiger partial charge on any atom is -0.366 e. The minimum absolute atomic E-state index is 0.194. The molecule has 0 fully saturated rings. The first-order valence-electron chi connectivity index (χ1n) is 8.09. The maximum atomic E-state index is 12.0. The van der Waals surface area contributed by atoms with E-state index >= 15 is 0 Å². The molecule has 1 aromatic heterocycles. The van der Waals surface area contributed by atoms with Crippen molar-refractivity contribution in [3.8, 4) is 0 Å². The summed E-state index contributed by atoms with van der Waals surface area (Å²) in [5.74, 6) is 0.